The molecule has 1 nitrogen and oxygen atoms in total. The van der Waals surface area contributed by atoms with Crippen molar-refractivity contribution in [3.8, 4) is 0 Å². The SMILES string of the molecule is CC.CCCC1CC(C)CCN1C. The van der Waals surface area contributed by atoms with Crippen molar-refractivity contribution in [2.45, 2.75) is 59.4 Å². The van der Waals surface area contributed by atoms with Crippen molar-refractivity contribution in [1.29, 1.82) is 0 Å². The molecule has 0 amide bonds. The van der Waals surface area contributed by atoms with Gasteiger partial charge in [0.15, 0.2) is 0 Å². The highest BCUT2D eigenvalue weighted by atomic mass is 15.1. The van der Waals surface area contributed by atoms with Crippen molar-refractivity contribution in [2.24, 2.45) is 5.92 Å². The first kappa shape index (κ1) is 13.0. The molecule has 0 N–H and O–H groups in total. The van der Waals surface area contributed by atoms with Crippen molar-refractivity contribution in [1.82, 2.24) is 4.90 Å². The fraction of sp³-hybridized carbons (Fsp3) is 1.00. The van der Waals surface area contributed by atoms with Crippen LogP contribution in [0.4, 0.5) is 0 Å². The number of likely N-dealkylation sites (tertiary alicyclic amines) is 1. The fourth-order valence-corrected chi connectivity index (χ4v) is 2.04. The maximum absolute atomic E-state index is 2.53. The van der Waals surface area contributed by atoms with Crippen LogP contribution >= 0.6 is 0 Å². The second-order valence-electron chi connectivity index (χ2n) is 4.05. The van der Waals surface area contributed by atoms with Gasteiger partial charge in [-0.2, -0.15) is 0 Å². The van der Waals surface area contributed by atoms with Crippen LogP contribution in [0, 0.1) is 5.92 Å². The van der Waals surface area contributed by atoms with Gasteiger partial charge in [-0.3, -0.25) is 0 Å². The number of piperidine rings is 1. The highest BCUT2D eigenvalue weighted by Gasteiger charge is 2.21. The Balaban J connectivity index is 0.000000671. The molecule has 1 heteroatoms. The third-order valence-corrected chi connectivity index (χ3v) is 2.89. The topological polar surface area (TPSA) is 3.24 Å². The van der Waals surface area contributed by atoms with Crippen LogP contribution in [0.15, 0.2) is 0 Å². The molecule has 13 heavy (non-hydrogen) atoms. The summed E-state index contributed by atoms with van der Waals surface area (Å²) in [4.78, 5) is 2.53. The average molecular weight is 185 g/mol. The molecule has 1 saturated heterocycles. The minimum absolute atomic E-state index is 0.878. The maximum atomic E-state index is 2.53. The molecule has 1 aliphatic rings. The molecular formula is C12H27N. The van der Waals surface area contributed by atoms with E-state index in [-0.39, 0.29) is 0 Å². The number of rotatable bonds is 2. The molecule has 1 heterocycles. The Hall–Kier alpha value is -0.0400. The minimum atomic E-state index is 0.878. The Bertz CT molecular complexity index is 112. The van der Waals surface area contributed by atoms with E-state index in [1.165, 1.54) is 32.2 Å². The Morgan fingerprint density at radius 1 is 1.31 bits per heavy atom. The van der Waals surface area contributed by atoms with E-state index in [0.717, 1.165) is 12.0 Å². The maximum Gasteiger partial charge on any atom is 0.00946 e. The van der Waals surface area contributed by atoms with Gasteiger partial charge in [-0.25, -0.2) is 0 Å². The zero-order valence-corrected chi connectivity index (χ0v) is 10.1. The molecule has 1 aliphatic heterocycles. The van der Waals surface area contributed by atoms with Crippen LogP contribution in [0.1, 0.15) is 53.4 Å². The van der Waals surface area contributed by atoms with Gasteiger partial charge in [0, 0.05) is 6.04 Å². The molecule has 1 fully saturated rings. The summed E-state index contributed by atoms with van der Waals surface area (Å²) in [6.07, 6.45) is 5.55. The van der Waals surface area contributed by atoms with E-state index in [9.17, 15) is 0 Å². The summed E-state index contributed by atoms with van der Waals surface area (Å²) in [6, 6.07) is 0.878. The Kier molecular flexibility index (Phi) is 7.35. The molecule has 0 aromatic carbocycles. The van der Waals surface area contributed by atoms with Gasteiger partial charge < -0.3 is 4.90 Å². The molecule has 0 spiro atoms. The largest absolute Gasteiger partial charge is 0.303 e. The molecule has 1 rings (SSSR count). The molecule has 0 aromatic heterocycles. The summed E-state index contributed by atoms with van der Waals surface area (Å²) in [7, 11) is 2.27. The van der Waals surface area contributed by atoms with Crippen LogP contribution in [-0.4, -0.2) is 24.5 Å². The highest BCUT2D eigenvalue weighted by Crippen LogP contribution is 2.23. The summed E-state index contributed by atoms with van der Waals surface area (Å²) < 4.78 is 0. The van der Waals surface area contributed by atoms with Crippen molar-refractivity contribution < 1.29 is 0 Å². The molecule has 2 atom stereocenters. The van der Waals surface area contributed by atoms with Gasteiger partial charge >= 0.3 is 0 Å². The van der Waals surface area contributed by atoms with Crippen molar-refractivity contribution in [3.63, 3.8) is 0 Å². The molecule has 0 aromatic rings. The van der Waals surface area contributed by atoms with Crippen LogP contribution < -0.4 is 0 Å². The third-order valence-electron chi connectivity index (χ3n) is 2.89. The first-order valence-corrected chi connectivity index (χ1v) is 5.94. The van der Waals surface area contributed by atoms with Crippen LogP contribution in [-0.2, 0) is 0 Å². The summed E-state index contributed by atoms with van der Waals surface area (Å²) >= 11 is 0. The molecular weight excluding hydrogens is 158 g/mol. The predicted octanol–water partition coefficient (Wildman–Crippen LogP) is 3.54. The Morgan fingerprint density at radius 3 is 2.46 bits per heavy atom. The minimum Gasteiger partial charge on any atom is -0.303 e. The standard InChI is InChI=1S/C10H21N.C2H6/c1-4-5-10-8-9(2)6-7-11(10)3;1-2/h9-10H,4-8H2,1-3H3;1-2H3. The zero-order chi connectivity index (χ0) is 10.3. The Labute approximate surface area is 84.5 Å². The summed E-state index contributed by atoms with van der Waals surface area (Å²) in [5.74, 6) is 0.961. The third kappa shape index (κ3) is 4.66. The van der Waals surface area contributed by atoms with Crippen molar-refractivity contribution in [3.05, 3.63) is 0 Å². The van der Waals surface area contributed by atoms with Crippen LogP contribution in [0.25, 0.3) is 0 Å². The van der Waals surface area contributed by atoms with Crippen molar-refractivity contribution >= 4 is 0 Å². The second-order valence-corrected chi connectivity index (χ2v) is 4.05. The van der Waals surface area contributed by atoms with Gasteiger partial charge in [-0.15, -0.1) is 0 Å². The summed E-state index contributed by atoms with van der Waals surface area (Å²) in [5, 5.41) is 0. The van der Waals surface area contributed by atoms with Crippen LogP contribution in [0.3, 0.4) is 0 Å². The second kappa shape index (κ2) is 7.37. The summed E-state index contributed by atoms with van der Waals surface area (Å²) in [6.45, 7) is 9.98. The van der Waals surface area contributed by atoms with E-state index < -0.39 is 0 Å². The van der Waals surface area contributed by atoms with Gasteiger partial charge in [0.2, 0.25) is 0 Å². The lowest BCUT2D eigenvalue weighted by Gasteiger charge is -2.35. The van der Waals surface area contributed by atoms with Gasteiger partial charge in [0.25, 0.3) is 0 Å². The van der Waals surface area contributed by atoms with E-state index >= 15 is 0 Å². The van der Waals surface area contributed by atoms with E-state index in [1.54, 1.807) is 0 Å². The molecule has 80 valence electrons. The zero-order valence-electron chi connectivity index (χ0n) is 10.1. The molecule has 0 radical (unpaired) electrons. The van der Waals surface area contributed by atoms with Crippen LogP contribution in [0.2, 0.25) is 0 Å². The normalized spacial score (nSPS) is 29.3. The first-order valence-electron chi connectivity index (χ1n) is 5.94. The predicted molar refractivity (Wildman–Crippen MR) is 61.1 cm³/mol. The quantitative estimate of drug-likeness (QED) is 0.636. The molecule has 0 aliphatic carbocycles. The monoisotopic (exact) mass is 185 g/mol. The van der Waals surface area contributed by atoms with Crippen molar-refractivity contribution in [2.75, 3.05) is 13.6 Å². The molecule has 0 saturated carbocycles. The van der Waals surface area contributed by atoms with Gasteiger partial charge in [0.1, 0.15) is 0 Å². The van der Waals surface area contributed by atoms with Crippen LogP contribution in [0.5, 0.6) is 0 Å². The van der Waals surface area contributed by atoms with E-state index in [0.29, 0.717) is 0 Å². The number of hydrogen-bond acceptors (Lipinski definition) is 1. The Morgan fingerprint density at radius 2 is 1.92 bits per heavy atom. The first-order chi connectivity index (χ1) is 6.24. The lowest BCUT2D eigenvalue weighted by atomic mass is 9.91. The highest BCUT2D eigenvalue weighted by molar-refractivity contribution is 4.77. The lowest BCUT2D eigenvalue weighted by molar-refractivity contribution is 0.140. The summed E-state index contributed by atoms with van der Waals surface area (Å²) in [5.41, 5.74) is 0. The lowest BCUT2D eigenvalue weighted by Crippen LogP contribution is -2.38. The van der Waals surface area contributed by atoms with Gasteiger partial charge in [0.05, 0.1) is 0 Å². The van der Waals surface area contributed by atoms with Gasteiger partial charge in [-0.1, -0.05) is 34.1 Å². The fourth-order valence-electron chi connectivity index (χ4n) is 2.04. The van der Waals surface area contributed by atoms with E-state index in [2.05, 4.69) is 25.8 Å². The number of hydrogen-bond donors (Lipinski definition) is 0. The number of nitrogens with zero attached hydrogens (tertiary/aromatic N) is 1. The average Bonchev–Trinajstić information content (AvgIpc) is 2.15. The van der Waals surface area contributed by atoms with E-state index in [4.69, 9.17) is 0 Å². The molecule has 0 bridgehead atoms. The molecule has 2 unspecified atom stereocenters. The van der Waals surface area contributed by atoms with Gasteiger partial charge in [-0.05, 0) is 38.8 Å². The van der Waals surface area contributed by atoms with E-state index in [1.807, 2.05) is 13.8 Å². The smallest absolute Gasteiger partial charge is 0.00946 e.